The molecule has 1 unspecified atom stereocenters. The van der Waals surface area contributed by atoms with Gasteiger partial charge in [-0.05, 0) is 26.8 Å². The Kier molecular flexibility index (Phi) is 5.03. The van der Waals surface area contributed by atoms with Crippen LogP contribution < -0.4 is 10.6 Å². The molecule has 0 aliphatic heterocycles. The van der Waals surface area contributed by atoms with Crippen LogP contribution in [-0.4, -0.2) is 18.6 Å². The summed E-state index contributed by atoms with van der Waals surface area (Å²) in [5.74, 6) is 2.01. The Morgan fingerprint density at radius 1 is 1.19 bits per heavy atom. The van der Waals surface area contributed by atoms with Crippen molar-refractivity contribution in [3.63, 3.8) is 0 Å². The van der Waals surface area contributed by atoms with Gasteiger partial charge in [0.2, 0.25) is 0 Å². The van der Waals surface area contributed by atoms with Crippen LogP contribution in [0.15, 0.2) is 10.5 Å². The predicted molar refractivity (Wildman–Crippen MR) is 67.6 cm³/mol. The first kappa shape index (κ1) is 13.3. The van der Waals surface area contributed by atoms with E-state index in [9.17, 15) is 0 Å². The molecule has 1 aromatic rings. The number of hydrogen-bond donors (Lipinski definition) is 2. The minimum Gasteiger partial charge on any atom is -0.466 e. The highest BCUT2D eigenvalue weighted by Gasteiger charge is 2.06. The van der Waals surface area contributed by atoms with Crippen LogP contribution in [0, 0.1) is 13.8 Å². The van der Waals surface area contributed by atoms with E-state index < -0.39 is 0 Å². The molecule has 1 atom stereocenters. The van der Waals surface area contributed by atoms with Gasteiger partial charge >= 0.3 is 0 Å². The fourth-order valence-corrected chi connectivity index (χ4v) is 1.63. The van der Waals surface area contributed by atoms with Crippen molar-refractivity contribution in [2.24, 2.45) is 0 Å². The molecule has 0 bridgehead atoms. The van der Waals surface area contributed by atoms with E-state index in [2.05, 4.69) is 37.5 Å². The first-order valence-corrected chi connectivity index (χ1v) is 6.01. The van der Waals surface area contributed by atoms with Gasteiger partial charge in [-0.15, -0.1) is 0 Å². The van der Waals surface area contributed by atoms with E-state index in [-0.39, 0.29) is 0 Å². The zero-order valence-electron chi connectivity index (χ0n) is 11.1. The van der Waals surface area contributed by atoms with Crippen molar-refractivity contribution in [2.75, 3.05) is 6.54 Å². The second-order valence-electron chi connectivity index (χ2n) is 4.78. The maximum absolute atomic E-state index is 5.49. The Morgan fingerprint density at radius 2 is 1.88 bits per heavy atom. The first-order chi connectivity index (χ1) is 7.49. The Bertz CT molecular complexity index is 318. The van der Waals surface area contributed by atoms with Gasteiger partial charge in [0.1, 0.15) is 11.5 Å². The normalized spacial score (nSPS) is 13.4. The summed E-state index contributed by atoms with van der Waals surface area (Å²) in [7, 11) is 0. The molecule has 0 aliphatic carbocycles. The third kappa shape index (κ3) is 4.37. The Balaban J connectivity index is 2.31. The van der Waals surface area contributed by atoms with Crippen LogP contribution in [0.3, 0.4) is 0 Å². The molecule has 0 aromatic carbocycles. The Hall–Kier alpha value is -0.800. The van der Waals surface area contributed by atoms with Crippen LogP contribution in [0.4, 0.5) is 0 Å². The number of aryl methyl sites for hydroxylation is 2. The third-order valence-corrected chi connectivity index (χ3v) is 2.62. The highest BCUT2D eigenvalue weighted by Crippen LogP contribution is 2.13. The molecule has 2 N–H and O–H groups in total. The third-order valence-electron chi connectivity index (χ3n) is 2.62. The summed E-state index contributed by atoms with van der Waals surface area (Å²) >= 11 is 0. The molecule has 1 rings (SSSR count). The molecule has 0 spiro atoms. The van der Waals surface area contributed by atoms with Gasteiger partial charge in [-0.2, -0.15) is 0 Å². The molecular formula is C13H24N2O. The second kappa shape index (κ2) is 6.06. The van der Waals surface area contributed by atoms with Crippen molar-refractivity contribution in [2.45, 2.75) is 53.2 Å². The maximum Gasteiger partial charge on any atom is 0.105 e. The van der Waals surface area contributed by atoms with Crippen LogP contribution in [-0.2, 0) is 6.54 Å². The van der Waals surface area contributed by atoms with Crippen molar-refractivity contribution in [3.8, 4) is 0 Å². The molecule has 0 saturated heterocycles. The molecule has 0 radical (unpaired) electrons. The standard InChI is InChI=1S/C13H24N2O/c1-9(2)14-7-10(3)15-8-13-6-11(4)16-12(13)5/h6,9-10,14-15H,7-8H2,1-5H3. The number of rotatable bonds is 6. The van der Waals surface area contributed by atoms with Crippen molar-refractivity contribution in [1.82, 2.24) is 10.6 Å². The topological polar surface area (TPSA) is 37.2 Å². The minimum atomic E-state index is 0.469. The lowest BCUT2D eigenvalue weighted by Gasteiger charge is -2.16. The fraction of sp³-hybridized carbons (Fsp3) is 0.692. The molecule has 3 heteroatoms. The summed E-state index contributed by atoms with van der Waals surface area (Å²) in [6, 6.07) is 3.12. The molecule has 16 heavy (non-hydrogen) atoms. The molecule has 0 saturated carbocycles. The van der Waals surface area contributed by atoms with Crippen LogP contribution in [0.2, 0.25) is 0 Å². The van der Waals surface area contributed by atoms with Crippen LogP contribution in [0.25, 0.3) is 0 Å². The van der Waals surface area contributed by atoms with Gasteiger partial charge in [-0.3, -0.25) is 0 Å². The van der Waals surface area contributed by atoms with Gasteiger partial charge in [0.25, 0.3) is 0 Å². The average Bonchev–Trinajstić information content (AvgIpc) is 2.51. The van der Waals surface area contributed by atoms with Crippen LogP contribution >= 0.6 is 0 Å². The lowest BCUT2D eigenvalue weighted by atomic mass is 10.2. The zero-order valence-corrected chi connectivity index (χ0v) is 11.1. The average molecular weight is 224 g/mol. The van der Waals surface area contributed by atoms with E-state index in [1.807, 2.05) is 13.8 Å². The van der Waals surface area contributed by atoms with Crippen molar-refractivity contribution in [3.05, 3.63) is 23.2 Å². The largest absolute Gasteiger partial charge is 0.466 e. The van der Waals surface area contributed by atoms with Gasteiger partial charge in [-0.25, -0.2) is 0 Å². The molecule has 92 valence electrons. The monoisotopic (exact) mass is 224 g/mol. The van der Waals surface area contributed by atoms with E-state index in [1.54, 1.807) is 0 Å². The summed E-state index contributed by atoms with van der Waals surface area (Å²) < 4.78 is 5.49. The van der Waals surface area contributed by atoms with Gasteiger partial charge in [0, 0.05) is 30.7 Å². The van der Waals surface area contributed by atoms with Crippen molar-refractivity contribution in [1.29, 1.82) is 0 Å². The van der Waals surface area contributed by atoms with Crippen molar-refractivity contribution >= 4 is 0 Å². The van der Waals surface area contributed by atoms with Gasteiger partial charge in [0.05, 0.1) is 0 Å². The molecule has 3 nitrogen and oxygen atoms in total. The summed E-state index contributed by atoms with van der Waals surface area (Å²) in [4.78, 5) is 0. The Morgan fingerprint density at radius 3 is 2.38 bits per heavy atom. The summed E-state index contributed by atoms with van der Waals surface area (Å²) in [6.45, 7) is 12.4. The molecule has 1 aromatic heterocycles. The number of nitrogens with one attached hydrogen (secondary N) is 2. The van der Waals surface area contributed by atoms with E-state index >= 15 is 0 Å². The number of hydrogen-bond acceptors (Lipinski definition) is 3. The van der Waals surface area contributed by atoms with Crippen LogP contribution in [0.1, 0.15) is 37.9 Å². The summed E-state index contributed by atoms with van der Waals surface area (Å²) in [5.41, 5.74) is 1.26. The van der Waals surface area contributed by atoms with E-state index in [4.69, 9.17) is 4.42 Å². The van der Waals surface area contributed by atoms with Crippen LogP contribution in [0.5, 0.6) is 0 Å². The van der Waals surface area contributed by atoms with Gasteiger partial charge in [0.15, 0.2) is 0 Å². The summed E-state index contributed by atoms with van der Waals surface area (Å²) in [6.07, 6.45) is 0. The molecule has 0 fully saturated rings. The highest BCUT2D eigenvalue weighted by atomic mass is 16.3. The lowest BCUT2D eigenvalue weighted by Crippen LogP contribution is -2.38. The SMILES string of the molecule is Cc1cc(CNC(C)CNC(C)C)c(C)o1. The van der Waals surface area contributed by atoms with Gasteiger partial charge < -0.3 is 15.1 Å². The molecule has 0 amide bonds. The first-order valence-electron chi connectivity index (χ1n) is 6.01. The Labute approximate surface area is 98.6 Å². The maximum atomic E-state index is 5.49. The predicted octanol–water partition coefficient (Wildman–Crippen LogP) is 2.37. The van der Waals surface area contributed by atoms with E-state index in [1.165, 1.54) is 5.56 Å². The van der Waals surface area contributed by atoms with Gasteiger partial charge in [-0.1, -0.05) is 13.8 Å². The summed E-state index contributed by atoms with van der Waals surface area (Å²) in [5, 5.41) is 6.90. The molecular weight excluding hydrogens is 200 g/mol. The number of furan rings is 1. The minimum absolute atomic E-state index is 0.469. The van der Waals surface area contributed by atoms with E-state index in [0.29, 0.717) is 12.1 Å². The fourth-order valence-electron chi connectivity index (χ4n) is 1.63. The van der Waals surface area contributed by atoms with Crippen molar-refractivity contribution < 1.29 is 4.42 Å². The highest BCUT2D eigenvalue weighted by molar-refractivity contribution is 5.19. The lowest BCUT2D eigenvalue weighted by molar-refractivity contribution is 0.466. The molecule has 1 heterocycles. The molecule has 0 aliphatic rings. The second-order valence-corrected chi connectivity index (χ2v) is 4.78. The quantitative estimate of drug-likeness (QED) is 0.779. The zero-order chi connectivity index (χ0) is 12.1. The smallest absolute Gasteiger partial charge is 0.105 e. The van der Waals surface area contributed by atoms with E-state index in [0.717, 1.165) is 24.6 Å².